The lowest BCUT2D eigenvalue weighted by Gasteiger charge is -2.35. The first-order valence-corrected chi connectivity index (χ1v) is 11.1. The Kier molecular flexibility index (Phi) is 6.85. The number of hydrogen-bond acceptors (Lipinski definition) is 4. The Labute approximate surface area is 177 Å². The van der Waals surface area contributed by atoms with Crippen LogP contribution in [0, 0.1) is 5.82 Å². The third kappa shape index (κ3) is 5.73. The second-order valence-electron chi connectivity index (χ2n) is 6.99. The van der Waals surface area contributed by atoms with Crippen molar-refractivity contribution in [3.05, 3.63) is 65.5 Å². The van der Waals surface area contributed by atoms with Gasteiger partial charge in [0.1, 0.15) is 5.82 Å². The highest BCUT2D eigenvalue weighted by Crippen LogP contribution is 2.29. The van der Waals surface area contributed by atoms with Crippen molar-refractivity contribution in [1.29, 1.82) is 0 Å². The van der Waals surface area contributed by atoms with Crippen molar-refractivity contribution >= 4 is 21.6 Å². The average Bonchev–Trinajstić information content (AvgIpc) is 2.73. The zero-order chi connectivity index (χ0) is 22.6. The summed E-state index contributed by atoms with van der Waals surface area (Å²) in [5.74, 6) is -1.56. The summed E-state index contributed by atoms with van der Waals surface area (Å²) in [5, 5.41) is 2.34. The number of nitrogens with zero attached hydrogens (tertiary/aromatic N) is 2. The number of anilines is 1. The van der Waals surface area contributed by atoms with Crippen LogP contribution in [0.5, 0.6) is 0 Å². The van der Waals surface area contributed by atoms with E-state index in [1.165, 1.54) is 16.4 Å². The molecule has 0 saturated carbocycles. The van der Waals surface area contributed by atoms with E-state index in [-0.39, 0.29) is 31.0 Å². The quantitative estimate of drug-likeness (QED) is 0.675. The fourth-order valence-electron chi connectivity index (χ4n) is 3.28. The van der Waals surface area contributed by atoms with Crippen molar-refractivity contribution in [2.45, 2.75) is 6.18 Å². The molecule has 2 aromatic rings. The Morgan fingerprint density at radius 1 is 1.00 bits per heavy atom. The van der Waals surface area contributed by atoms with E-state index in [0.29, 0.717) is 24.8 Å². The Morgan fingerprint density at radius 3 is 2.32 bits per heavy atom. The maximum Gasteiger partial charge on any atom is 0.416 e. The number of hydrogen-bond donors (Lipinski definition) is 1. The first-order valence-electron chi connectivity index (χ1n) is 9.51. The summed E-state index contributed by atoms with van der Waals surface area (Å²) >= 11 is 0. The van der Waals surface area contributed by atoms with E-state index in [4.69, 9.17) is 0 Å². The lowest BCUT2D eigenvalue weighted by Crippen LogP contribution is -2.50. The van der Waals surface area contributed by atoms with Crippen LogP contribution in [0.1, 0.15) is 15.9 Å². The van der Waals surface area contributed by atoms with E-state index in [0.717, 1.165) is 12.1 Å². The highest BCUT2D eigenvalue weighted by molar-refractivity contribution is 7.89. The van der Waals surface area contributed by atoms with Crippen LogP contribution in [0.15, 0.2) is 48.5 Å². The molecule has 1 heterocycles. The second kappa shape index (κ2) is 9.23. The van der Waals surface area contributed by atoms with Gasteiger partial charge in [-0.05, 0) is 30.3 Å². The highest BCUT2D eigenvalue weighted by Gasteiger charge is 2.31. The largest absolute Gasteiger partial charge is 0.416 e. The number of amides is 1. The number of benzene rings is 2. The molecular weight excluding hydrogens is 438 g/mol. The number of carbonyl (C=O) groups excluding carboxylic acids is 1. The minimum absolute atomic E-state index is 0.165. The minimum Gasteiger partial charge on any atom is -0.367 e. The highest BCUT2D eigenvalue weighted by atomic mass is 32.2. The average molecular weight is 459 g/mol. The van der Waals surface area contributed by atoms with E-state index in [9.17, 15) is 30.8 Å². The molecule has 1 amide bonds. The summed E-state index contributed by atoms with van der Waals surface area (Å²) in [6.07, 6.45) is -4.58. The molecule has 0 atom stereocenters. The van der Waals surface area contributed by atoms with Crippen molar-refractivity contribution in [3.8, 4) is 0 Å². The third-order valence-corrected chi connectivity index (χ3v) is 6.79. The van der Waals surface area contributed by atoms with Crippen molar-refractivity contribution < 1.29 is 30.8 Å². The monoisotopic (exact) mass is 459 g/mol. The Morgan fingerprint density at radius 2 is 1.68 bits per heavy atom. The number of para-hydroxylation sites is 1. The summed E-state index contributed by atoms with van der Waals surface area (Å²) in [6, 6.07) is 10.1. The van der Waals surface area contributed by atoms with Crippen molar-refractivity contribution in [1.82, 2.24) is 9.62 Å². The Balaban J connectivity index is 1.52. The fourth-order valence-corrected chi connectivity index (χ4v) is 4.61. The molecule has 11 heteroatoms. The van der Waals surface area contributed by atoms with Crippen LogP contribution in [0.2, 0.25) is 0 Å². The van der Waals surface area contributed by atoms with Crippen molar-refractivity contribution in [3.63, 3.8) is 0 Å². The normalized spacial score (nSPS) is 15.7. The molecule has 6 nitrogen and oxygen atoms in total. The molecule has 0 aromatic heterocycles. The fraction of sp³-hybridized carbons (Fsp3) is 0.350. The number of halogens is 4. The Bertz CT molecular complexity index is 1040. The molecule has 2 aromatic carbocycles. The summed E-state index contributed by atoms with van der Waals surface area (Å²) in [4.78, 5) is 13.8. The smallest absolute Gasteiger partial charge is 0.367 e. The van der Waals surface area contributed by atoms with Crippen LogP contribution >= 0.6 is 0 Å². The zero-order valence-electron chi connectivity index (χ0n) is 16.4. The van der Waals surface area contributed by atoms with Gasteiger partial charge < -0.3 is 10.2 Å². The van der Waals surface area contributed by atoms with E-state index < -0.39 is 33.4 Å². The molecule has 31 heavy (non-hydrogen) atoms. The first-order chi connectivity index (χ1) is 14.6. The van der Waals surface area contributed by atoms with E-state index >= 15 is 0 Å². The molecule has 0 radical (unpaired) electrons. The first kappa shape index (κ1) is 23.0. The number of carbonyl (C=O) groups is 1. The summed E-state index contributed by atoms with van der Waals surface area (Å²) in [6.45, 7) is 0.717. The second-order valence-corrected chi connectivity index (χ2v) is 9.08. The molecular formula is C20H21F4N3O3S. The molecule has 1 aliphatic rings. The molecule has 1 fully saturated rings. The lowest BCUT2D eigenvalue weighted by atomic mass is 10.1. The SMILES string of the molecule is O=C(NCCS(=O)(=O)N1CCN(c2ccccc2F)CC1)c1cccc(C(F)(F)F)c1. The van der Waals surface area contributed by atoms with Crippen LogP contribution in [-0.4, -0.2) is 57.1 Å². The summed E-state index contributed by atoms with van der Waals surface area (Å²) in [7, 11) is -3.69. The molecule has 1 saturated heterocycles. The van der Waals surface area contributed by atoms with Gasteiger partial charge in [-0.1, -0.05) is 18.2 Å². The summed E-state index contributed by atoms with van der Waals surface area (Å²) in [5.41, 5.74) is -0.751. The van der Waals surface area contributed by atoms with E-state index in [2.05, 4.69) is 5.32 Å². The number of alkyl halides is 3. The molecule has 1 N–H and O–H groups in total. The summed E-state index contributed by atoms with van der Waals surface area (Å²) < 4.78 is 78.5. The topological polar surface area (TPSA) is 69.7 Å². The zero-order valence-corrected chi connectivity index (χ0v) is 17.2. The van der Waals surface area contributed by atoms with E-state index in [1.807, 2.05) is 0 Å². The number of nitrogens with one attached hydrogen (secondary N) is 1. The van der Waals surface area contributed by atoms with Gasteiger partial charge in [-0.3, -0.25) is 4.79 Å². The van der Waals surface area contributed by atoms with Crippen LogP contribution in [-0.2, 0) is 16.2 Å². The predicted molar refractivity (Wildman–Crippen MR) is 108 cm³/mol. The van der Waals surface area contributed by atoms with Crippen molar-refractivity contribution in [2.24, 2.45) is 0 Å². The predicted octanol–water partition coefficient (Wildman–Crippen LogP) is 2.73. The standard InChI is InChI=1S/C20H21F4N3O3S/c21-17-6-1-2-7-18(17)26-9-11-27(12-10-26)31(29,30)13-8-25-19(28)15-4-3-5-16(14-15)20(22,23)24/h1-7,14H,8-13H2,(H,25,28). The lowest BCUT2D eigenvalue weighted by molar-refractivity contribution is -0.137. The third-order valence-electron chi connectivity index (χ3n) is 4.92. The molecule has 0 bridgehead atoms. The number of sulfonamides is 1. The van der Waals surface area contributed by atoms with Gasteiger partial charge in [-0.25, -0.2) is 12.8 Å². The molecule has 0 unspecified atom stereocenters. The number of rotatable bonds is 6. The molecule has 0 spiro atoms. The maximum atomic E-state index is 13.9. The molecule has 3 rings (SSSR count). The number of piperazine rings is 1. The van der Waals surface area contributed by atoms with Gasteiger partial charge in [0.2, 0.25) is 10.0 Å². The molecule has 0 aliphatic carbocycles. The van der Waals surface area contributed by atoms with Crippen LogP contribution < -0.4 is 10.2 Å². The van der Waals surface area contributed by atoms with Crippen LogP contribution in [0.25, 0.3) is 0 Å². The molecule has 1 aliphatic heterocycles. The van der Waals surface area contributed by atoms with Crippen LogP contribution in [0.3, 0.4) is 0 Å². The maximum absolute atomic E-state index is 13.9. The Hall–Kier alpha value is -2.66. The van der Waals surface area contributed by atoms with Gasteiger partial charge in [0.15, 0.2) is 0 Å². The van der Waals surface area contributed by atoms with Gasteiger partial charge >= 0.3 is 6.18 Å². The van der Waals surface area contributed by atoms with E-state index in [1.54, 1.807) is 23.1 Å². The van der Waals surface area contributed by atoms with Crippen LogP contribution in [0.4, 0.5) is 23.2 Å². The molecule has 168 valence electrons. The van der Waals surface area contributed by atoms with Gasteiger partial charge in [0.25, 0.3) is 5.91 Å². The minimum atomic E-state index is -4.58. The van der Waals surface area contributed by atoms with Gasteiger partial charge in [0.05, 0.1) is 17.0 Å². The van der Waals surface area contributed by atoms with Gasteiger partial charge in [0, 0.05) is 38.3 Å². The van der Waals surface area contributed by atoms with Crippen molar-refractivity contribution in [2.75, 3.05) is 43.4 Å². The van der Waals surface area contributed by atoms with Gasteiger partial charge in [-0.2, -0.15) is 17.5 Å². The van der Waals surface area contributed by atoms with Gasteiger partial charge in [-0.15, -0.1) is 0 Å².